The number of ether oxygens (including phenoxy) is 1. The summed E-state index contributed by atoms with van der Waals surface area (Å²) in [6.07, 6.45) is -3.78. The summed E-state index contributed by atoms with van der Waals surface area (Å²) in [5.74, 6) is -2.80. The van der Waals surface area contributed by atoms with Gasteiger partial charge in [-0.3, -0.25) is 0 Å². The number of aryl methyl sites for hydroxylation is 1. The average molecular weight is 520 g/mol. The number of esters is 1. The zero-order chi connectivity index (χ0) is 26.2. The Morgan fingerprint density at radius 1 is 1.00 bits per heavy atom. The molecule has 0 amide bonds. The Morgan fingerprint density at radius 2 is 1.73 bits per heavy atom. The van der Waals surface area contributed by atoms with Gasteiger partial charge in [0.05, 0.1) is 16.6 Å². The molecule has 0 spiro atoms. The second kappa shape index (κ2) is 9.76. The van der Waals surface area contributed by atoms with Gasteiger partial charge in [-0.05, 0) is 41.1 Å². The van der Waals surface area contributed by atoms with E-state index < -0.39 is 18.0 Å². The van der Waals surface area contributed by atoms with E-state index >= 15 is 0 Å². The van der Waals surface area contributed by atoms with E-state index in [0.717, 1.165) is 27.1 Å². The highest BCUT2D eigenvalue weighted by Gasteiger charge is 2.42. The number of carbonyl (C=O) groups is 1. The SMILES string of the molecule is Cc1csc(-c2cnc(OC(=O)C(F)(F)F)c3cc(-c4ccccc4)c(-c4ccc(CN)cc4)nc23)c1. The third-order valence-electron chi connectivity index (χ3n) is 5.78. The first-order valence-electron chi connectivity index (χ1n) is 11.3. The lowest BCUT2D eigenvalue weighted by Crippen LogP contribution is -2.28. The van der Waals surface area contributed by atoms with Crippen molar-refractivity contribution < 1.29 is 22.7 Å². The maximum atomic E-state index is 13.0. The van der Waals surface area contributed by atoms with Gasteiger partial charge >= 0.3 is 12.1 Å². The van der Waals surface area contributed by atoms with Crippen LogP contribution in [0.1, 0.15) is 11.1 Å². The molecule has 0 aliphatic heterocycles. The van der Waals surface area contributed by atoms with Crippen LogP contribution in [0.4, 0.5) is 13.2 Å². The summed E-state index contributed by atoms with van der Waals surface area (Å²) in [4.78, 5) is 21.6. The number of pyridine rings is 2. The molecule has 0 atom stereocenters. The molecule has 186 valence electrons. The van der Waals surface area contributed by atoms with Crippen LogP contribution in [0.15, 0.2) is 78.3 Å². The van der Waals surface area contributed by atoms with Crippen molar-refractivity contribution in [3.05, 3.63) is 89.4 Å². The van der Waals surface area contributed by atoms with Gasteiger partial charge in [0.25, 0.3) is 0 Å². The van der Waals surface area contributed by atoms with Crippen LogP contribution in [0.3, 0.4) is 0 Å². The van der Waals surface area contributed by atoms with E-state index in [1.807, 2.05) is 73.0 Å². The fraction of sp³-hybridized carbons (Fsp3) is 0.107. The molecule has 0 saturated heterocycles. The lowest BCUT2D eigenvalue weighted by Gasteiger charge is -2.16. The minimum atomic E-state index is -5.17. The molecule has 0 aliphatic carbocycles. The molecule has 0 saturated carbocycles. The highest BCUT2D eigenvalue weighted by molar-refractivity contribution is 7.13. The average Bonchev–Trinajstić information content (AvgIpc) is 3.34. The summed E-state index contributed by atoms with van der Waals surface area (Å²) in [7, 11) is 0. The summed E-state index contributed by atoms with van der Waals surface area (Å²) in [6.45, 7) is 2.33. The number of alkyl halides is 3. The molecule has 0 bridgehead atoms. The topological polar surface area (TPSA) is 78.1 Å². The number of carbonyl (C=O) groups excluding carboxylic acids is 1. The van der Waals surface area contributed by atoms with Gasteiger partial charge in [-0.1, -0.05) is 54.6 Å². The molecule has 5 rings (SSSR count). The number of hydrogen-bond acceptors (Lipinski definition) is 6. The van der Waals surface area contributed by atoms with Crippen LogP contribution in [0.25, 0.3) is 43.7 Å². The van der Waals surface area contributed by atoms with Crippen molar-refractivity contribution in [1.29, 1.82) is 0 Å². The summed E-state index contributed by atoms with van der Waals surface area (Å²) in [5, 5.41) is 2.16. The maximum Gasteiger partial charge on any atom is 0.491 e. The molecule has 0 aliphatic rings. The van der Waals surface area contributed by atoms with E-state index in [2.05, 4.69) is 4.98 Å². The number of thiophene rings is 1. The molecule has 2 N–H and O–H groups in total. The molecular formula is C28H20F3N3O2S. The Bertz CT molecular complexity index is 1600. The number of rotatable bonds is 5. The quantitative estimate of drug-likeness (QED) is 0.255. The van der Waals surface area contributed by atoms with Crippen molar-refractivity contribution in [3.63, 3.8) is 0 Å². The Kier molecular flexibility index (Phi) is 6.49. The Labute approximate surface area is 214 Å². The zero-order valence-electron chi connectivity index (χ0n) is 19.5. The number of nitrogens with two attached hydrogens (primary N) is 1. The summed E-state index contributed by atoms with van der Waals surface area (Å²) in [5.41, 5.74) is 11.6. The van der Waals surface area contributed by atoms with Gasteiger partial charge < -0.3 is 10.5 Å². The molecule has 3 aromatic heterocycles. The van der Waals surface area contributed by atoms with Gasteiger partial charge in [-0.25, -0.2) is 14.8 Å². The molecule has 3 heterocycles. The lowest BCUT2D eigenvalue weighted by atomic mass is 9.96. The molecule has 5 nitrogen and oxygen atoms in total. The predicted molar refractivity (Wildman–Crippen MR) is 138 cm³/mol. The first-order valence-corrected chi connectivity index (χ1v) is 12.2. The van der Waals surface area contributed by atoms with Crippen molar-refractivity contribution in [2.75, 3.05) is 0 Å². The van der Waals surface area contributed by atoms with Crippen LogP contribution in [0.5, 0.6) is 5.88 Å². The molecule has 2 aromatic carbocycles. The van der Waals surface area contributed by atoms with Crippen LogP contribution < -0.4 is 10.5 Å². The van der Waals surface area contributed by atoms with E-state index in [1.165, 1.54) is 17.5 Å². The molecular weight excluding hydrogens is 499 g/mol. The number of aromatic nitrogens is 2. The van der Waals surface area contributed by atoms with E-state index in [1.54, 1.807) is 6.07 Å². The highest BCUT2D eigenvalue weighted by atomic mass is 32.1. The van der Waals surface area contributed by atoms with Crippen LogP contribution in [-0.2, 0) is 11.3 Å². The molecule has 0 fully saturated rings. The van der Waals surface area contributed by atoms with Crippen molar-refractivity contribution in [2.45, 2.75) is 19.6 Å². The Hall–Kier alpha value is -4.08. The third-order valence-corrected chi connectivity index (χ3v) is 6.86. The monoisotopic (exact) mass is 519 g/mol. The van der Waals surface area contributed by atoms with Gasteiger partial charge in [0.15, 0.2) is 0 Å². The van der Waals surface area contributed by atoms with Gasteiger partial charge in [-0.15, -0.1) is 11.3 Å². The second-order valence-corrected chi connectivity index (χ2v) is 9.31. The first kappa shape index (κ1) is 24.6. The summed E-state index contributed by atoms with van der Waals surface area (Å²) in [6, 6.07) is 20.6. The minimum absolute atomic E-state index is 0.197. The number of benzene rings is 2. The van der Waals surface area contributed by atoms with Crippen LogP contribution >= 0.6 is 11.3 Å². The third kappa shape index (κ3) is 4.96. The number of halogens is 3. The minimum Gasteiger partial charge on any atom is -0.400 e. The predicted octanol–water partition coefficient (Wildman–Crippen LogP) is 6.93. The van der Waals surface area contributed by atoms with Crippen molar-refractivity contribution in [2.24, 2.45) is 5.73 Å². The molecule has 0 unspecified atom stereocenters. The molecule has 37 heavy (non-hydrogen) atoms. The fourth-order valence-corrected chi connectivity index (χ4v) is 4.88. The normalized spacial score (nSPS) is 11.6. The smallest absolute Gasteiger partial charge is 0.400 e. The largest absolute Gasteiger partial charge is 0.491 e. The van der Waals surface area contributed by atoms with Gasteiger partial charge in [0, 0.05) is 34.3 Å². The van der Waals surface area contributed by atoms with Crippen LogP contribution in [0.2, 0.25) is 0 Å². The van der Waals surface area contributed by atoms with E-state index in [-0.39, 0.29) is 5.39 Å². The Balaban J connectivity index is 1.82. The second-order valence-electron chi connectivity index (χ2n) is 8.40. The zero-order valence-corrected chi connectivity index (χ0v) is 20.4. The van der Waals surface area contributed by atoms with Gasteiger partial charge in [-0.2, -0.15) is 13.2 Å². The standard InChI is InChI=1S/C28H20F3N3O2S/c1-16-11-23(37-15-16)22-14-33-26(36-27(35)28(29,30)31)21-12-20(18-5-3-2-4-6-18)24(34-25(21)22)19-9-7-17(13-32)8-10-19/h2-12,14-15H,13,32H2,1H3. The maximum absolute atomic E-state index is 13.0. The number of hydrogen-bond donors (Lipinski definition) is 1. The van der Waals surface area contributed by atoms with Crippen molar-refractivity contribution in [1.82, 2.24) is 9.97 Å². The van der Waals surface area contributed by atoms with Crippen LogP contribution in [-0.4, -0.2) is 22.1 Å². The van der Waals surface area contributed by atoms with E-state index in [4.69, 9.17) is 15.5 Å². The van der Waals surface area contributed by atoms with Crippen LogP contribution in [0, 0.1) is 6.92 Å². The molecule has 9 heteroatoms. The highest BCUT2D eigenvalue weighted by Crippen LogP contribution is 2.40. The lowest BCUT2D eigenvalue weighted by molar-refractivity contribution is -0.189. The van der Waals surface area contributed by atoms with Crippen molar-refractivity contribution in [3.8, 4) is 38.7 Å². The fourth-order valence-electron chi connectivity index (χ4n) is 3.97. The number of nitrogens with zero attached hydrogens (tertiary/aromatic N) is 2. The Morgan fingerprint density at radius 3 is 2.35 bits per heavy atom. The summed E-state index contributed by atoms with van der Waals surface area (Å²) >= 11 is 1.47. The first-order chi connectivity index (χ1) is 17.7. The van der Waals surface area contributed by atoms with E-state index in [0.29, 0.717) is 28.9 Å². The van der Waals surface area contributed by atoms with E-state index in [9.17, 15) is 18.0 Å². The summed E-state index contributed by atoms with van der Waals surface area (Å²) < 4.78 is 43.9. The van der Waals surface area contributed by atoms with Gasteiger partial charge in [0.2, 0.25) is 5.88 Å². The number of fused-ring (bicyclic) bond motifs is 1. The molecule has 0 radical (unpaired) electrons. The molecule has 5 aromatic rings. The van der Waals surface area contributed by atoms with Gasteiger partial charge in [0.1, 0.15) is 0 Å². The van der Waals surface area contributed by atoms with Crippen molar-refractivity contribution >= 4 is 28.2 Å².